The summed E-state index contributed by atoms with van der Waals surface area (Å²) in [4.78, 5) is 0. The van der Waals surface area contributed by atoms with Gasteiger partial charge in [0.05, 0.1) is 6.26 Å². The van der Waals surface area contributed by atoms with Crippen LogP contribution in [-0.2, 0) is 0 Å². The fourth-order valence-corrected chi connectivity index (χ4v) is 0. The van der Waals surface area contributed by atoms with Crippen molar-refractivity contribution in [1.29, 1.82) is 0 Å². The van der Waals surface area contributed by atoms with Crippen LogP contribution in [0.15, 0.2) is 12.8 Å². The molecule has 0 heterocycles. The lowest BCUT2D eigenvalue weighted by atomic mass is 11.2. The fourth-order valence-electron chi connectivity index (χ4n) is 0. The van der Waals surface area contributed by atoms with Gasteiger partial charge in [-0.15, -0.1) is 0 Å². The summed E-state index contributed by atoms with van der Waals surface area (Å²) in [6.45, 7) is 2.92. The van der Waals surface area contributed by atoms with Crippen LogP contribution in [0, 0.1) is 0 Å². The largest absolute Gasteiger partial charge is 0.516 e. The molecular formula is C3H8O2. The minimum atomic E-state index is 0.750. The van der Waals surface area contributed by atoms with E-state index in [1.54, 1.807) is 0 Å². The molecule has 0 bridgehead atoms. The molecule has 0 aliphatic heterocycles. The van der Waals surface area contributed by atoms with E-state index in [4.69, 9.17) is 10.2 Å². The summed E-state index contributed by atoms with van der Waals surface area (Å²) in [5.74, 6) is 0. The summed E-state index contributed by atoms with van der Waals surface area (Å²) in [7, 11) is 1.00. The third-order valence-corrected chi connectivity index (χ3v) is 0. The summed E-state index contributed by atoms with van der Waals surface area (Å²) in [6, 6.07) is 0. The van der Waals surface area contributed by atoms with Gasteiger partial charge in [0.1, 0.15) is 0 Å². The second-order valence-electron chi connectivity index (χ2n) is 0.183. The van der Waals surface area contributed by atoms with Crippen LogP contribution in [0.1, 0.15) is 0 Å². The standard InChI is InChI=1S/C2H4O.CH4O/c1-2-3;1-2/h2-3H,1H2;2H,1H3. The Bertz CT molecular complexity index is 12.4. The summed E-state index contributed by atoms with van der Waals surface area (Å²) in [5.41, 5.74) is 0. The lowest BCUT2D eigenvalue weighted by molar-refractivity contribution is 0.399. The number of rotatable bonds is 0. The molecule has 0 unspecified atom stereocenters. The van der Waals surface area contributed by atoms with Crippen LogP contribution in [0.3, 0.4) is 0 Å². The van der Waals surface area contributed by atoms with E-state index >= 15 is 0 Å². The maximum Gasteiger partial charge on any atom is 0.0719 e. The SMILES string of the molecule is C=CO.CO. The zero-order valence-corrected chi connectivity index (χ0v) is 3.18. The quantitative estimate of drug-likeness (QED) is 0.407. The number of aliphatic hydroxyl groups excluding tert-OH is 2. The van der Waals surface area contributed by atoms with Crippen molar-refractivity contribution in [3.05, 3.63) is 12.8 Å². The van der Waals surface area contributed by atoms with Gasteiger partial charge in [-0.3, -0.25) is 0 Å². The van der Waals surface area contributed by atoms with E-state index in [1.165, 1.54) is 0 Å². The van der Waals surface area contributed by atoms with Crippen molar-refractivity contribution in [2.45, 2.75) is 0 Å². The van der Waals surface area contributed by atoms with Crippen molar-refractivity contribution < 1.29 is 10.2 Å². The second-order valence-corrected chi connectivity index (χ2v) is 0.183. The van der Waals surface area contributed by atoms with Crippen LogP contribution in [-0.4, -0.2) is 17.3 Å². The van der Waals surface area contributed by atoms with E-state index in [9.17, 15) is 0 Å². The van der Waals surface area contributed by atoms with E-state index < -0.39 is 0 Å². The van der Waals surface area contributed by atoms with Crippen molar-refractivity contribution in [3.8, 4) is 0 Å². The number of hydrogen-bond donors (Lipinski definition) is 2. The topological polar surface area (TPSA) is 40.5 Å². The van der Waals surface area contributed by atoms with Gasteiger partial charge in [0.15, 0.2) is 0 Å². The van der Waals surface area contributed by atoms with Gasteiger partial charge in [0.2, 0.25) is 0 Å². The highest BCUT2D eigenvalue weighted by atomic mass is 16.2. The Balaban J connectivity index is 0. The Morgan fingerprint density at radius 2 is 1.60 bits per heavy atom. The zero-order valence-electron chi connectivity index (χ0n) is 3.18. The highest BCUT2D eigenvalue weighted by molar-refractivity contribution is 4.38. The molecule has 0 radical (unpaired) electrons. The summed E-state index contributed by atoms with van der Waals surface area (Å²) in [6.07, 6.45) is 0.750. The Morgan fingerprint density at radius 3 is 1.60 bits per heavy atom. The minimum absolute atomic E-state index is 0.750. The smallest absolute Gasteiger partial charge is 0.0719 e. The molecule has 5 heavy (non-hydrogen) atoms. The van der Waals surface area contributed by atoms with Crippen molar-refractivity contribution in [3.63, 3.8) is 0 Å². The molecule has 0 atom stereocenters. The van der Waals surface area contributed by atoms with Crippen LogP contribution in [0.5, 0.6) is 0 Å². The highest BCUT2D eigenvalue weighted by Gasteiger charge is 1.11. The van der Waals surface area contributed by atoms with E-state index in [0.29, 0.717) is 0 Å². The van der Waals surface area contributed by atoms with Crippen LogP contribution in [0.2, 0.25) is 0 Å². The number of aliphatic hydroxyl groups is 2. The molecule has 0 aliphatic rings. The molecule has 2 nitrogen and oxygen atoms in total. The van der Waals surface area contributed by atoms with E-state index in [1.807, 2.05) is 0 Å². The van der Waals surface area contributed by atoms with Crippen molar-refractivity contribution in [2.75, 3.05) is 7.11 Å². The van der Waals surface area contributed by atoms with Gasteiger partial charge >= 0.3 is 0 Å². The molecule has 0 aromatic rings. The molecule has 0 fully saturated rings. The van der Waals surface area contributed by atoms with Gasteiger partial charge in [0.25, 0.3) is 0 Å². The van der Waals surface area contributed by atoms with Gasteiger partial charge < -0.3 is 10.2 Å². The minimum Gasteiger partial charge on any atom is -0.516 e. The first kappa shape index (κ1) is 8.82. The van der Waals surface area contributed by atoms with Crippen molar-refractivity contribution in [2.24, 2.45) is 0 Å². The Kier molecular flexibility index (Phi) is 154. The van der Waals surface area contributed by atoms with Crippen LogP contribution in [0.25, 0.3) is 0 Å². The molecule has 2 N–H and O–H groups in total. The average molecular weight is 76.1 g/mol. The summed E-state index contributed by atoms with van der Waals surface area (Å²) >= 11 is 0. The summed E-state index contributed by atoms with van der Waals surface area (Å²) in [5, 5.41) is 14.3. The predicted molar refractivity (Wildman–Crippen MR) is 21.0 cm³/mol. The normalized spacial score (nSPS) is 3.60. The first-order valence-electron chi connectivity index (χ1n) is 1.11. The third kappa shape index (κ3) is 31.5. The average Bonchev–Trinajstić information content (AvgIpc) is 1.46. The first-order chi connectivity index (χ1) is 2.41. The first-order valence-corrected chi connectivity index (χ1v) is 1.11. The number of hydrogen-bond acceptors (Lipinski definition) is 2. The molecule has 0 rings (SSSR count). The highest BCUT2D eigenvalue weighted by Crippen LogP contribution is 1.26. The molecule has 32 valence electrons. The van der Waals surface area contributed by atoms with E-state index in [2.05, 4.69) is 6.58 Å². The molecular weight excluding hydrogens is 68.0 g/mol. The second kappa shape index (κ2) is 87.5. The summed E-state index contributed by atoms with van der Waals surface area (Å²) < 4.78 is 0. The molecule has 0 aromatic carbocycles. The monoisotopic (exact) mass is 76.1 g/mol. The van der Waals surface area contributed by atoms with Crippen molar-refractivity contribution >= 4 is 0 Å². The molecule has 0 spiro atoms. The van der Waals surface area contributed by atoms with Crippen molar-refractivity contribution in [1.82, 2.24) is 0 Å². The van der Waals surface area contributed by atoms with Gasteiger partial charge in [-0.2, -0.15) is 0 Å². The van der Waals surface area contributed by atoms with Crippen LogP contribution >= 0.6 is 0 Å². The Hall–Kier alpha value is -0.500. The molecule has 0 saturated carbocycles. The van der Waals surface area contributed by atoms with Gasteiger partial charge in [-0.25, -0.2) is 0 Å². The van der Waals surface area contributed by atoms with Crippen LogP contribution in [0.4, 0.5) is 0 Å². The van der Waals surface area contributed by atoms with Gasteiger partial charge in [-0.1, -0.05) is 6.58 Å². The maximum atomic E-state index is 7.33. The lowest BCUT2D eigenvalue weighted by Gasteiger charge is -1.41. The van der Waals surface area contributed by atoms with Gasteiger partial charge in [0, 0.05) is 7.11 Å². The fraction of sp³-hybridized carbons (Fsp3) is 0.333. The molecule has 0 saturated heterocycles. The van der Waals surface area contributed by atoms with E-state index in [0.717, 1.165) is 13.4 Å². The molecule has 0 aromatic heterocycles. The molecule has 0 amide bonds. The predicted octanol–water partition coefficient (Wildman–Crippen LogP) is 0.296. The lowest BCUT2D eigenvalue weighted by Crippen LogP contribution is -1.25. The Morgan fingerprint density at radius 1 is 1.60 bits per heavy atom. The molecule has 0 aliphatic carbocycles. The van der Waals surface area contributed by atoms with Crippen LogP contribution < -0.4 is 0 Å². The van der Waals surface area contributed by atoms with Gasteiger partial charge in [-0.05, 0) is 0 Å². The van der Waals surface area contributed by atoms with E-state index in [-0.39, 0.29) is 0 Å². The zero-order chi connectivity index (χ0) is 4.71. The maximum absolute atomic E-state index is 7.33. The Labute approximate surface area is 31.4 Å². The third-order valence-electron chi connectivity index (χ3n) is 0. The molecule has 2 heteroatoms.